The van der Waals surface area contributed by atoms with Crippen LogP contribution in [-0.2, 0) is 20.7 Å². The van der Waals surface area contributed by atoms with Crippen molar-refractivity contribution in [1.29, 1.82) is 0 Å². The van der Waals surface area contributed by atoms with Crippen molar-refractivity contribution in [3.05, 3.63) is 59.9 Å². The fourth-order valence-corrected chi connectivity index (χ4v) is 2.56. The third-order valence-electron chi connectivity index (χ3n) is 4.21. The highest BCUT2D eigenvalue weighted by Crippen LogP contribution is 2.29. The van der Waals surface area contributed by atoms with Gasteiger partial charge in [-0.05, 0) is 49.6 Å². The molecule has 2 aromatic carbocycles. The minimum Gasteiger partial charge on any atom is -0.480 e. The molecule has 0 fully saturated rings. The van der Waals surface area contributed by atoms with Gasteiger partial charge in [0.15, 0.2) is 5.41 Å². The zero-order valence-corrected chi connectivity index (χ0v) is 15.5. The second-order valence-corrected chi connectivity index (χ2v) is 7.47. The van der Waals surface area contributed by atoms with Gasteiger partial charge in [-0.3, -0.25) is 9.59 Å². The molecule has 0 aliphatic carbocycles. The summed E-state index contributed by atoms with van der Waals surface area (Å²) in [6.45, 7) is 4.76. The highest BCUT2D eigenvalue weighted by molar-refractivity contribution is 5.98. The summed E-state index contributed by atoms with van der Waals surface area (Å²) in [4.78, 5) is 23.6. The van der Waals surface area contributed by atoms with E-state index in [1.165, 1.54) is 12.1 Å². The van der Waals surface area contributed by atoms with Crippen molar-refractivity contribution in [2.75, 3.05) is 6.61 Å². The lowest BCUT2D eigenvalue weighted by Gasteiger charge is -2.29. The number of rotatable bonds is 7. The van der Waals surface area contributed by atoms with E-state index in [0.717, 1.165) is 11.1 Å². The van der Waals surface area contributed by atoms with Crippen molar-refractivity contribution in [2.45, 2.75) is 32.8 Å². The van der Waals surface area contributed by atoms with Gasteiger partial charge in [0.1, 0.15) is 5.82 Å². The largest absolute Gasteiger partial charge is 0.480 e. The molecule has 27 heavy (non-hydrogen) atoms. The molecule has 0 atom stereocenters. The maximum atomic E-state index is 13.0. The minimum absolute atomic E-state index is 0.211. The van der Waals surface area contributed by atoms with Crippen LogP contribution >= 0.6 is 0 Å². The molecule has 2 N–H and O–H groups in total. The van der Waals surface area contributed by atoms with E-state index in [1.807, 2.05) is 0 Å². The van der Waals surface area contributed by atoms with Gasteiger partial charge in [0.2, 0.25) is 0 Å². The van der Waals surface area contributed by atoms with Crippen molar-refractivity contribution in [1.82, 2.24) is 0 Å². The fraction of sp³-hybridized carbons (Fsp3) is 0.333. The monoisotopic (exact) mass is 374 g/mol. The third-order valence-corrected chi connectivity index (χ3v) is 4.21. The predicted octanol–water partition coefficient (Wildman–Crippen LogP) is 4.01. The molecule has 0 aromatic heterocycles. The number of carbonyl (C=O) groups is 2. The molecule has 0 radical (unpaired) electrons. The summed E-state index contributed by atoms with van der Waals surface area (Å²) in [5.41, 5.74) is -0.557. The molecule has 0 bridgehead atoms. The van der Waals surface area contributed by atoms with Crippen LogP contribution in [0.4, 0.5) is 4.39 Å². The van der Waals surface area contributed by atoms with Gasteiger partial charge < -0.3 is 14.9 Å². The number of ether oxygens (including phenoxy) is 1. The first-order valence-corrected chi connectivity index (χ1v) is 8.49. The van der Waals surface area contributed by atoms with Crippen molar-refractivity contribution in [2.24, 2.45) is 5.41 Å². The van der Waals surface area contributed by atoms with Gasteiger partial charge in [0.25, 0.3) is 0 Å². The molecule has 2 aromatic rings. The maximum absolute atomic E-state index is 13.0. The first-order valence-electron chi connectivity index (χ1n) is 8.49. The molecular formula is C21H23FO5. The lowest BCUT2D eigenvalue weighted by molar-refractivity contribution is -0.173. The lowest BCUT2D eigenvalue weighted by Crippen LogP contribution is -2.47. The Hall–Kier alpha value is -2.73. The second kappa shape index (κ2) is 7.88. The molecule has 0 unspecified atom stereocenters. The molecule has 0 heterocycles. The Balaban J connectivity index is 2.27. The summed E-state index contributed by atoms with van der Waals surface area (Å²) in [6.07, 6.45) is -0.211. The number of benzene rings is 2. The van der Waals surface area contributed by atoms with E-state index in [0.29, 0.717) is 5.56 Å². The van der Waals surface area contributed by atoms with Gasteiger partial charge in [0, 0.05) is 6.42 Å². The highest BCUT2D eigenvalue weighted by atomic mass is 19.1. The summed E-state index contributed by atoms with van der Waals surface area (Å²) >= 11 is 0. The summed E-state index contributed by atoms with van der Waals surface area (Å²) < 4.78 is 18.5. The molecule has 144 valence electrons. The predicted molar refractivity (Wildman–Crippen MR) is 98.9 cm³/mol. The number of hydrogen-bond donors (Lipinski definition) is 2. The quantitative estimate of drug-likeness (QED) is 0.716. The summed E-state index contributed by atoms with van der Waals surface area (Å²) in [6, 6.07) is 12.8. The fourth-order valence-electron chi connectivity index (χ4n) is 2.56. The van der Waals surface area contributed by atoms with E-state index in [4.69, 9.17) is 4.74 Å². The average molecular weight is 374 g/mol. The zero-order chi connectivity index (χ0) is 20.2. The van der Waals surface area contributed by atoms with Crippen LogP contribution in [0, 0.1) is 11.2 Å². The molecule has 0 saturated carbocycles. The van der Waals surface area contributed by atoms with E-state index in [1.54, 1.807) is 57.2 Å². The second-order valence-electron chi connectivity index (χ2n) is 7.47. The minimum atomic E-state index is -2.08. The summed E-state index contributed by atoms with van der Waals surface area (Å²) in [5.74, 6) is -3.22. The zero-order valence-electron chi connectivity index (χ0n) is 15.5. The highest BCUT2D eigenvalue weighted by Gasteiger charge is 2.48. The van der Waals surface area contributed by atoms with Gasteiger partial charge in [-0.1, -0.05) is 36.4 Å². The van der Waals surface area contributed by atoms with Crippen LogP contribution in [0.15, 0.2) is 48.5 Å². The van der Waals surface area contributed by atoms with Gasteiger partial charge in [-0.2, -0.15) is 0 Å². The number of aliphatic carboxylic acids is 2. The number of hydrogen-bond acceptors (Lipinski definition) is 3. The van der Waals surface area contributed by atoms with Crippen LogP contribution in [0.5, 0.6) is 0 Å². The van der Waals surface area contributed by atoms with Crippen molar-refractivity contribution in [3.63, 3.8) is 0 Å². The normalized spacial score (nSPS) is 12.0. The number of halogens is 1. The lowest BCUT2D eigenvalue weighted by atomic mass is 9.82. The van der Waals surface area contributed by atoms with Crippen LogP contribution in [0.2, 0.25) is 0 Å². The van der Waals surface area contributed by atoms with Crippen LogP contribution in [0.25, 0.3) is 11.1 Å². The molecule has 2 rings (SSSR count). The Morgan fingerprint density at radius 2 is 1.33 bits per heavy atom. The van der Waals surface area contributed by atoms with E-state index < -0.39 is 29.6 Å². The van der Waals surface area contributed by atoms with Crippen molar-refractivity contribution >= 4 is 11.9 Å². The molecule has 0 aliphatic heterocycles. The SMILES string of the molecule is CC(C)(C)OCC(Cc1ccc(-c2ccc(F)cc2)cc1)(C(=O)O)C(=O)O. The Kier molecular flexibility index (Phi) is 6.01. The Morgan fingerprint density at radius 1 is 0.889 bits per heavy atom. The molecular weight excluding hydrogens is 351 g/mol. The smallest absolute Gasteiger partial charge is 0.323 e. The maximum Gasteiger partial charge on any atom is 0.323 e. The van der Waals surface area contributed by atoms with E-state index in [2.05, 4.69) is 0 Å². The van der Waals surface area contributed by atoms with Crippen LogP contribution in [0.3, 0.4) is 0 Å². The molecule has 0 amide bonds. The summed E-state index contributed by atoms with van der Waals surface area (Å²) in [5, 5.41) is 19.2. The molecule has 0 saturated heterocycles. The van der Waals surface area contributed by atoms with E-state index >= 15 is 0 Å². The number of carboxylic acid groups (broad SMARTS) is 2. The number of carboxylic acids is 2. The third kappa shape index (κ3) is 5.14. The Labute approximate surface area is 157 Å². The van der Waals surface area contributed by atoms with Gasteiger partial charge >= 0.3 is 11.9 Å². The molecule has 5 nitrogen and oxygen atoms in total. The van der Waals surface area contributed by atoms with Crippen LogP contribution in [-0.4, -0.2) is 34.4 Å². The molecule has 0 spiro atoms. The van der Waals surface area contributed by atoms with Gasteiger partial charge in [-0.15, -0.1) is 0 Å². The van der Waals surface area contributed by atoms with E-state index in [9.17, 15) is 24.2 Å². The topological polar surface area (TPSA) is 83.8 Å². The average Bonchev–Trinajstić information content (AvgIpc) is 2.58. The van der Waals surface area contributed by atoms with Crippen LogP contribution in [0.1, 0.15) is 26.3 Å². The van der Waals surface area contributed by atoms with Gasteiger partial charge in [0.05, 0.1) is 12.2 Å². The standard InChI is InChI=1S/C21H23FO5/c1-20(2,3)27-13-21(18(23)24,19(25)26)12-14-4-6-15(7-5-14)16-8-10-17(22)11-9-16/h4-11H,12-13H2,1-3H3,(H,23,24)(H,25,26). The molecule has 6 heteroatoms. The first kappa shape index (κ1) is 20.6. The molecule has 0 aliphatic rings. The van der Waals surface area contributed by atoms with E-state index in [-0.39, 0.29) is 12.2 Å². The first-order chi connectivity index (χ1) is 12.5. The Bertz CT molecular complexity index is 790. The van der Waals surface area contributed by atoms with Crippen molar-refractivity contribution < 1.29 is 28.9 Å². The Morgan fingerprint density at radius 3 is 1.74 bits per heavy atom. The van der Waals surface area contributed by atoms with Crippen molar-refractivity contribution in [3.8, 4) is 11.1 Å². The summed E-state index contributed by atoms with van der Waals surface area (Å²) in [7, 11) is 0. The van der Waals surface area contributed by atoms with Gasteiger partial charge in [-0.25, -0.2) is 4.39 Å². The van der Waals surface area contributed by atoms with Crippen LogP contribution < -0.4 is 0 Å².